The molecule has 4 saturated carbocycles. The minimum atomic E-state index is -0.210. The van der Waals surface area contributed by atoms with Crippen molar-refractivity contribution in [2.45, 2.75) is 162 Å². The highest BCUT2D eigenvalue weighted by atomic mass is 16.5. The Labute approximate surface area is 407 Å². The second-order valence-electron chi connectivity index (χ2n) is 20.9. The number of carbonyl (C=O) groups excluding carboxylic acids is 2. The van der Waals surface area contributed by atoms with Gasteiger partial charge in [0.1, 0.15) is 0 Å². The van der Waals surface area contributed by atoms with Crippen LogP contribution in [0.5, 0.6) is 0 Å². The van der Waals surface area contributed by atoms with E-state index in [0.29, 0.717) is 121 Å². The van der Waals surface area contributed by atoms with Crippen molar-refractivity contribution in [3.05, 3.63) is 12.7 Å². The second-order valence-corrected chi connectivity index (χ2v) is 20.9. The van der Waals surface area contributed by atoms with Gasteiger partial charge in [0.15, 0.2) is 0 Å². The number of rotatable bonds is 37. The number of nitrogens with one attached hydrogen (secondary N) is 2. The van der Waals surface area contributed by atoms with Gasteiger partial charge in [-0.25, -0.2) is 4.79 Å². The molecular weight excluding hydrogens is 849 g/mol. The number of carbonyl (C=O) groups is 2. The molecule has 0 aromatic carbocycles. The molecule has 4 aliphatic rings. The van der Waals surface area contributed by atoms with Crippen LogP contribution >= 0.6 is 0 Å². The molecule has 67 heavy (non-hydrogen) atoms. The van der Waals surface area contributed by atoms with Crippen LogP contribution in [0.2, 0.25) is 0 Å². The number of ether oxygens (including phenoxy) is 6. The van der Waals surface area contributed by atoms with Crippen molar-refractivity contribution < 1.29 is 38.0 Å². The first-order valence-electron chi connectivity index (χ1n) is 27.2. The number of unbranched alkanes of at least 4 members (excludes halogenated alkanes) is 5. The van der Waals surface area contributed by atoms with E-state index in [1.54, 1.807) is 0 Å². The molecule has 0 radical (unpaired) electrons. The SMILES string of the molecule is C=CC(=O)NCCOCCOCCOCCNC(=O)N(CCCCCCCC)CCC[C@@H](C)[C@H]1CC[C@H]2[C@@H]3[C@H](OCCCN)C[C@@H]4C[C@H](OCCCN)CC[C@]4(C)[C@H]3C[C@H](OCCCN)[C@]12C. The van der Waals surface area contributed by atoms with Crippen LogP contribution < -0.4 is 27.8 Å². The lowest BCUT2D eigenvalue weighted by Gasteiger charge is -2.65. The van der Waals surface area contributed by atoms with Crippen molar-refractivity contribution >= 4 is 11.9 Å². The summed E-state index contributed by atoms with van der Waals surface area (Å²) in [6.07, 6.45) is 21.9. The highest BCUT2D eigenvalue weighted by Gasteiger charge is 2.66. The average molecular weight is 949 g/mol. The van der Waals surface area contributed by atoms with Gasteiger partial charge >= 0.3 is 6.03 Å². The summed E-state index contributed by atoms with van der Waals surface area (Å²) >= 11 is 0. The van der Waals surface area contributed by atoms with Crippen molar-refractivity contribution in [1.29, 1.82) is 0 Å². The molecule has 8 N–H and O–H groups in total. The number of urea groups is 1. The summed E-state index contributed by atoms with van der Waals surface area (Å²) in [6, 6.07) is 0.00278. The van der Waals surface area contributed by atoms with E-state index in [4.69, 9.17) is 45.6 Å². The smallest absolute Gasteiger partial charge is 0.317 e. The van der Waals surface area contributed by atoms with Gasteiger partial charge in [0.25, 0.3) is 0 Å². The van der Waals surface area contributed by atoms with Gasteiger partial charge in [-0.2, -0.15) is 0 Å². The van der Waals surface area contributed by atoms with Gasteiger partial charge in [0.05, 0.1) is 58.0 Å². The zero-order valence-electron chi connectivity index (χ0n) is 43.0. The molecule has 3 amide bonds. The monoisotopic (exact) mass is 949 g/mol. The normalized spacial score (nSPS) is 29.4. The maximum atomic E-state index is 13.7. The summed E-state index contributed by atoms with van der Waals surface area (Å²) < 4.78 is 37.4. The fraction of sp³-hybridized carbons (Fsp3) is 0.925. The predicted octanol–water partition coefficient (Wildman–Crippen LogP) is 7.21. The van der Waals surface area contributed by atoms with Crippen molar-refractivity contribution in [2.24, 2.45) is 63.5 Å². The molecule has 0 bridgehead atoms. The first-order chi connectivity index (χ1) is 32.6. The van der Waals surface area contributed by atoms with Crippen molar-refractivity contribution in [3.63, 3.8) is 0 Å². The Balaban J connectivity index is 1.35. The third kappa shape index (κ3) is 17.7. The fourth-order valence-electron chi connectivity index (χ4n) is 13.0. The van der Waals surface area contributed by atoms with Gasteiger partial charge in [-0.05, 0) is 150 Å². The average Bonchev–Trinajstić information content (AvgIpc) is 3.69. The van der Waals surface area contributed by atoms with Crippen LogP contribution in [0.25, 0.3) is 0 Å². The summed E-state index contributed by atoms with van der Waals surface area (Å²) in [5, 5.41) is 5.82. The molecule has 4 aliphatic carbocycles. The largest absolute Gasteiger partial charge is 0.378 e. The third-order valence-corrected chi connectivity index (χ3v) is 16.6. The van der Waals surface area contributed by atoms with E-state index in [1.165, 1.54) is 51.0 Å². The van der Waals surface area contributed by atoms with Crippen LogP contribution in [0.15, 0.2) is 12.7 Å². The van der Waals surface area contributed by atoms with Crippen LogP contribution in [0.3, 0.4) is 0 Å². The number of fused-ring (bicyclic) bond motifs is 5. The van der Waals surface area contributed by atoms with E-state index in [0.717, 1.165) is 96.9 Å². The summed E-state index contributed by atoms with van der Waals surface area (Å²) in [6.45, 7) is 22.6. The molecule has 0 aromatic rings. The molecule has 14 heteroatoms. The summed E-state index contributed by atoms with van der Waals surface area (Å²) in [5.41, 5.74) is 18.2. The fourth-order valence-corrected chi connectivity index (χ4v) is 13.0. The van der Waals surface area contributed by atoms with Crippen molar-refractivity contribution in [2.75, 3.05) is 105 Å². The van der Waals surface area contributed by atoms with Gasteiger partial charge in [0.2, 0.25) is 5.91 Å². The highest BCUT2D eigenvalue weighted by molar-refractivity contribution is 5.86. The van der Waals surface area contributed by atoms with E-state index in [2.05, 4.69) is 49.8 Å². The van der Waals surface area contributed by atoms with Crippen LogP contribution in [0.4, 0.5) is 4.79 Å². The highest BCUT2D eigenvalue weighted by Crippen LogP contribution is 2.69. The number of nitrogens with zero attached hydrogens (tertiary/aromatic N) is 1. The van der Waals surface area contributed by atoms with Gasteiger partial charge in [-0.3, -0.25) is 4.79 Å². The number of hydrogen-bond acceptors (Lipinski definition) is 11. The maximum absolute atomic E-state index is 13.7. The minimum Gasteiger partial charge on any atom is -0.378 e. The minimum absolute atomic E-state index is 0.00278. The maximum Gasteiger partial charge on any atom is 0.317 e. The molecule has 14 nitrogen and oxygen atoms in total. The third-order valence-electron chi connectivity index (χ3n) is 16.6. The van der Waals surface area contributed by atoms with Crippen LogP contribution in [-0.2, 0) is 33.2 Å². The standard InChI is InChI=1S/C53H100N6O8/c1-6-8-9-10-11-12-27-59(51(61)58-26-33-63-35-37-64-36-34-62-32-25-57-49(60)7-2)28-13-17-41(3)44-18-19-45-50-46(40-48(53(44,45)5)67-31-16-24-56)52(4)21-20-43(65-29-14-22-54)38-42(52)39-47(50)66-30-15-23-55/h7,41-48,50H,2,6,8-40,54-56H2,1,3-5H3,(H,57,60)(H,58,61)/t41-,42+,43-,44-,45+,46+,47-,48+,50+,52+,53-/m1/s1. The Morgan fingerprint density at radius 2 is 1.31 bits per heavy atom. The molecular formula is C53H100N6O8. The van der Waals surface area contributed by atoms with Crippen LogP contribution in [0, 0.1) is 46.3 Å². The van der Waals surface area contributed by atoms with Crippen LogP contribution in [0.1, 0.15) is 143 Å². The Morgan fingerprint density at radius 1 is 0.701 bits per heavy atom. The summed E-state index contributed by atoms with van der Waals surface area (Å²) in [4.78, 5) is 26.9. The zero-order valence-corrected chi connectivity index (χ0v) is 43.0. The first kappa shape index (κ1) is 57.7. The molecule has 4 fully saturated rings. The second kappa shape index (κ2) is 32.2. The van der Waals surface area contributed by atoms with Gasteiger partial charge in [-0.1, -0.05) is 66.4 Å². The lowest BCUT2D eigenvalue weighted by molar-refractivity contribution is -0.227. The van der Waals surface area contributed by atoms with Gasteiger partial charge in [0, 0.05) is 51.4 Å². The van der Waals surface area contributed by atoms with Crippen LogP contribution in [-0.4, -0.2) is 140 Å². The topological polar surface area (TPSA) is 195 Å². The molecule has 0 heterocycles. The number of amides is 3. The molecule has 0 unspecified atom stereocenters. The van der Waals surface area contributed by atoms with E-state index in [9.17, 15) is 9.59 Å². The van der Waals surface area contributed by atoms with E-state index in [1.807, 2.05) is 0 Å². The Hall–Kier alpha value is -1.88. The number of nitrogens with two attached hydrogens (primary N) is 3. The summed E-state index contributed by atoms with van der Waals surface area (Å²) in [7, 11) is 0. The van der Waals surface area contributed by atoms with Gasteiger partial charge < -0.3 is 61.2 Å². The zero-order chi connectivity index (χ0) is 48.3. The Bertz CT molecular complexity index is 1370. The molecule has 0 aliphatic heterocycles. The molecule has 0 saturated heterocycles. The van der Waals surface area contributed by atoms with E-state index >= 15 is 0 Å². The Morgan fingerprint density at radius 3 is 1.99 bits per heavy atom. The Kier molecular flexibility index (Phi) is 27.7. The lowest BCUT2D eigenvalue weighted by atomic mass is 9.43. The van der Waals surface area contributed by atoms with Gasteiger partial charge in [-0.15, -0.1) is 0 Å². The summed E-state index contributed by atoms with van der Waals surface area (Å²) in [5.74, 6) is 2.98. The molecule has 11 atom stereocenters. The first-order valence-corrected chi connectivity index (χ1v) is 27.2. The van der Waals surface area contributed by atoms with Crippen molar-refractivity contribution in [3.8, 4) is 0 Å². The van der Waals surface area contributed by atoms with Crippen molar-refractivity contribution in [1.82, 2.24) is 15.5 Å². The molecule has 0 aromatic heterocycles. The molecule has 0 spiro atoms. The number of hydrogen-bond donors (Lipinski definition) is 5. The lowest BCUT2D eigenvalue weighted by Crippen LogP contribution is -2.63. The quantitative estimate of drug-likeness (QED) is 0.0312. The van der Waals surface area contributed by atoms with E-state index < -0.39 is 0 Å². The molecule has 4 rings (SSSR count). The molecule has 390 valence electrons. The predicted molar refractivity (Wildman–Crippen MR) is 269 cm³/mol. The van der Waals surface area contributed by atoms with E-state index in [-0.39, 0.29) is 35.0 Å².